The number of nitrogens with two attached hydrogens (primary N) is 1. The third-order valence-corrected chi connectivity index (χ3v) is 3.42. The zero-order valence-corrected chi connectivity index (χ0v) is 12.3. The SMILES string of the molecule is NC(=O)[C@H]1CCCN1C(=O)c1cc(OC(F)F)cc(OC(F)F)c1. The minimum atomic E-state index is -3.21. The summed E-state index contributed by atoms with van der Waals surface area (Å²) in [5.74, 6) is -2.44. The van der Waals surface area contributed by atoms with E-state index in [4.69, 9.17) is 5.73 Å². The molecule has 0 saturated carbocycles. The van der Waals surface area contributed by atoms with Crippen LogP contribution in [0.25, 0.3) is 0 Å². The molecule has 2 amide bonds. The van der Waals surface area contributed by atoms with E-state index in [1.807, 2.05) is 0 Å². The molecular weight excluding hydrogens is 336 g/mol. The van der Waals surface area contributed by atoms with Crippen molar-refractivity contribution in [2.24, 2.45) is 5.73 Å². The number of carbonyl (C=O) groups is 2. The molecular formula is C14H14F4N2O4. The Morgan fingerprint density at radius 1 is 1.08 bits per heavy atom. The standard InChI is InChI=1S/C14H14F4N2O4/c15-13(16)23-8-4-7(5-9(6-8)24-14(17)18)12(22)20-3-1-2-10(20)11(19)21/h4-6,10,13-14H,1-3H2,(H2,19,21)/t10-/m1/s1. The summed E-state index contributed by atoms with van der Waals surface area (Å²) < 4.78 is 57.7. The Kier molecular flexibility index (Phi) is 5.47. The molecule has 24 heavy (non-hydrogen) atoms. The van der Waals surface area contributed by atoms with Crippen molar-refractivity contribution in [2.75, 3.05) is 6.54 Å². The minimum Gasteiger partial charge on any atom is -0.435 e. The predicted octanol–water partition coefficient (Wildman–Crippen LogP) is 1.98. The van der Waals surface area contributed by atoms with Gasteiger partial charge in [-0.05, 0) is 25.0 Å². The van der Waals surface area contributed by atoms with Crippen molar-refractivity contribution in [3.63, 3.8) is 0 Å². The fourth-order valence-electron chi connectivity index (χ4n) is 2.51. The lowest BCUT2D eigenvalue weighted by atomic mass is 10.1. The number of carbonyl (C=O) groups excluding carboxylic acids is 2. The van der Waals surface area contributed by atoms with Crippen LogP contribution >= 0.6 is 0 Å². The lowest BCUT2D eigenvalue weighted by Crippen LogP contribution is -2.43. The lowest BCUT2D eigenvalue weighted by Gasteiger charge is -2.22. The van der Waals surface area contributed by atoms with E-state index in [0.29, 0.717) is 12.8 Å². The fourth-order valence-corrected chi connectivity index (χ4v) is 2.51. The number of rotatable bonds is 6. The molecule has 1 aromatic carbocycles. The lowest BCUT2D eigenvalue weighted by molar-refractivity contribution is -0.121. The van der Waals surface area contributed by atoms with E-state index in [9.17, 15) is 27.2 Å². The van der Waals surface area contributed by atoms with Crippen LogP contribution in [0.4, 0.5) is 17.6 Å². The van der Waals surface area contributed by atoms with Crippen LogP contribution in [0.1, 0.15) is 23.2 Å². The van der Waals surface area contributed by atoms with E-state index in [-0.39, 0.29) is 12.1 Å². The molecule has 0 aromatic heterocycles. The second-order valence-electron chi connectivity index (χ2n) is 5.01. The van der Waals surface area contributed by atoms with E-state index in [1.54, 1.807) is 0 Å². The summed E-state index contributed by atoms with van der Waals surface area (Å²) >= 11 is 0. The summed E-state index contributed by atoms with van der Waals surface area (Å²) in [7, 11) is 0. The highest BCUT2D eigenvalue weighted by molar-refractivity contribution is 5.98. The fraction of sp³-hybridized carbons (Fsp3) is 0.429. The van der Waals surface area contributed by atoms with E-state index >= 15 is 0 Å². The molecule has 2 N–H and O–H groups in total. The normalized spacial score (nSPS) is 17.4. The number of ether oxygens (including phenoxy) is 2. The van der Waals surface area contributed by atoms with Gasteiger partial charge >= 0.3 is 13.2 Å². The van der Waals surface area contributed by atoms with E-state index in [1.165, 1.54) is 0 Å². The molecule has 1 heterocycles. The second kappa shape index (κ2) is 7.37. The van der Waals surface area contributed by atoms with Gasteiger partial charge < -0.3 is 20.1 Å². The van der Waals surface area contributed by atoms with Crippen molar-refractivity contribution in [1.29, 1.82) is 0 Å². The zero-order chi connectivity index (χ0) is 17.9. The van der Waals surface area contributed by atoms with Gasteiger partial charge in [-0.3, -0.25) is 9.59 Å². The molecule has 0 unspecified atom stereocenters. The van der Waals surface area contributed by atoms with Gasteiger partial charge in [-0.15, -0.1) is 0 Å². The average Bonchev–Trinajstić information content (AvgIpc) is 2.94. The summed E-state index contributed by atoms with van der Waals surface area (Å²) in [4.78, 5) is 25.0. The van der Waals surface area contributed by atoms with Crippen molar-refractivity contribution >= 4 is 11.8 Å². The van der Waals surface area contributed by atoms with Crippen LogP contribution in [0.5, 0.6) is 11.5 Å². The van der Waals surface area contributed by atoms with Gasteiger partial charge in [0.25, 0.3) is 5.91 Å². The first-order valence-corrected chi connectivity index (χ1v) is 6.93. The summed E-state index contributed by atoms with van der Waals surface area (Å²) in [5.41, 5.74) is 4.99. The Morgan fingerprint density at radius 3 is 2.08 bits per heavy atom. The molecule has 0 radical (unpaired) electrons. The number of likely N-dealkylation sites (tertiary alicyclic amines) is 1. The largest absolute Gasteiger partial charge is 0.435 e. The maximum Gasteiger partial charge on any atom is 0.387 e. The first-order valence-electron chi connectivity index (χ1n) is 6.93. The van der Waals surface area contributed by atoms with Crippen LogP contribution in [-0.4, -0.2) is 42.5 Å². The topological polar surface area (TPSA) is 81.9 Å². The molecule has 0 bridgehead atoms. The van der Waals surface area contributed by atoms with Crippen molar-refractivity contribution in [3.05, 3.63) is 23.8 Å². The molecule has 1 saturated heterocycles. The van der Waals surface area contributed by atoms with Crippen LogP contribution in [0, 0.1) is 0 Å². The number of primary amides is 1. The zero-order valence-electron chi connectivity index (χ0n) is 12.3. The molecule has 10 heteroatoms. The van der Waals surface area contributed by atoms with Crippen LogP contribution < -0.4 is 15.2 Å². The molecule has 1 aromatic rings. The molecule has 1 atom stereocenters. The molecule has 0 spiro atoms. The highest BCUT2D eigenvalue weighted by atomic mass is 19.3. The molecule has 1 aliphatic heterocycles. The van der Waals surface area contributed by atoms with Crippen LogP contribution in [-0.2, 0) is 4.79 Å². The minimum absolute atomic E-state index is 0.225. The van der Waals surface area contributed by atoms with E-state index < -0.39 is 42.6 Å². The molecule has 1 aliphatic rings. The Morgan fingerprint density at radius 2 is 1.62 bits per heavy atom. The monoisotopic (exact) mass is 350 g/mol. The number of alkyl halides is 4. The average molecular weight is 350 g/mol. The maximum absolute atomic E-state index is 12.5. The Balaban J connectivity index is 2.32. The van der Waals surface area contributed by atoms with Gasteiger partial charge in [0.15, 0.2) is 0 Å². The predicted molar refractivity (Wildman–Crippen MR) is 73.0 cm³/mol. The molecule has 1 fully saturated rings. The Bertz CT molecular complexity index is 599. The van der Waals surface area contributed by atoms with Crippen LogP contribution in [0.3, 0.4) is 0 Å². The van der Waals surface area contributed by atoms with Gasteiger partial charge in [-0.2, -0.15) is 17.6 Å². The Labute approximate surface area is 134 Å². The van der Waals surface area contributed by atoms with Crippen molar-refractivity contribution in [3.8, 4) is 11.5 Å². The summed E-state index contributed by atoms with van der Waals surface area (Å²) in [6.45, 7) is -6.18. The van der Waals surface area contributed by atoms with E-state index in [0.717, 1.165) is 23.1 Å². The number of halogens is 4. The van der Waals surface area contributed by atoms with Gasteiger partial charge in [-0.1, -0.05) is 0 Å². The van der Waals surface area contributed by atoms with Crippen LogP contribution in [0.15, 0.2) is 18.2 Å². The van der Waals surface area contributed by atoms with Crippen molar-refractivity contribution < 1.29 is 36.6 Å². The quantitative estimate of drug-likeness (QED) is 0.796. The number of nitrogens with zero attached hydrogens (tertiary/aromatic N) is 1. The van der Waals surface area contributed by atoms with Gasteiger partial charge in [0, 0.05) is 18.2 Å². The highest BCUT2D eigenvalue weighted by Gasteiger charge is 2.33. The molecule has 0 aliphatic carbocycles. The van der Waals surface area contributed by atoms with Crippen molar-refractivity contribution in [2.45, 2.75) is 32.1 Å². The number of hydrogen-bond acceptors (Lipinski definition) is 4. The smallest absolute Gasteiger partial charge is 0.387 e. The van der Waals surface area contributed by atoms with Gasteiger partial charge in [-0.25, -0.2) is 0 Å². The van der Waals surface area contributed by atoms with E-state index in [2.05, 4.69) is 9.47 Å². The summed E-state index contributed by atoms with van der Waals surface area (Å²) in [6, 6.07) is 1.90. The first-order chi connectivity index (χ1) is 11.3. The number of amides is 2. The van der Waals surface area contributed by atoms with Crippen LogP contribution in [0.2, 0.25) is 0 Å². The molecule has 6 nitrogen and oxygen atoms in total. The number of hydrogen-bond donors (Lipinski definition) is 1. The third-order valence-electron chi connectivity index (χ3n) is 3.42. The van der Waals surface area contributed by atoms with Crippen molar-refractivity contribution in [1.82, 2.24) is 4.90 Å². The van der Waals surface area contributed by atoms with Gasteiger partial charge in [0.2, 0.25) is 5.91 Å². The number of benzene rings is 1. The summed E-state index contributed by atoms with van der Waals surface area (Å²) in [5, 5.41) is 0. The molecule has 132 valence electrons. The maximum atomic E-state index is 12.5. The van der Waals surface area contributed by atoms with Gasteiger partial charge in [0.05, 0.1) is 0 Å². The molecule has 2 rings (SSSR count). The third kappa shape index (κ3) is 4.27. The first kappa shape index (κ1) is 17.8. The summed E-state index contributed by atoms with van der Waals surface area (Å²) in [6.07, 6.45) is 0.904. The second-order valence-corrected chi connectivity index (χ2v) is 5.01. The van der Waals surface area contributed by atoms with Gasteiger partial charge in [0.1, 0.15) is 17.5 Å². The highest BCUT2D eigenvalue weighted by Crippen LogP contribution is 2.28. The Hall–Kier alpha value is -2.52.